The van der Waals surface area contributed by atoms with E-state index in [1.807, 2.05) is 19.9 Å². The number of hydrogen-bond acceptors (Lipinski definition) is 2. The van der Waals surface area contributed by atoms with Crippen LogP contribution in [0.15, 0.2) is 47.4 Å². The summed E-state index contributed by atoms with van der Waals surface area (Å²) in [6, 6.07) is 11.8. The van der Waals surface area contributed by atoms with Crippen molar-refractivity contribution in [3.63, 3.8) is 0 Å². The molecule has 2 rings (SSSR count). The van der Waals surface area contributed by atoms with Crippen LogP contribution in [0.25, 0.3) is 0 Å². The Kier molecular flexibility index (Phi) is 3.83. The highest BCUT2D eigenvalue weighted by Gasteiger charge is 2.14. The third-order valence-electron chi connectivity index (χ3n) is 2.72. The van der Waals surface area contributed by atoms with Crippen LogP contribution in [0.1, 0.15) is 11.1 Å². The van der Waals surface area contributed by atoms with E-state index in [2.05, 4.69) is 4.72 Å². The minimum atomic E-state index is -3.57. The highest BCUT2D eigenvalue weighted by atomic mass is 35.5. The van der Waals surface area contributed by atoms with E-state index in [1.54, 1.807) is 36.4 Å². The number of hydrogen-bond donors (Lipinski definition) is 1. The molecule has 3 nitrogen and oxygen atoms in total. The molecule has 0 bridgehead atoms. The molecule has 100 valence electrons. The van der Waals surface area contributed by atoms with Gasteiger partial charge in [0, 0.05) is 5.02 Å². The summed E-state index contributed by atoms with van der Waals surface area (Å²) in [5.41, 5.74) is 2.25. The van der Waals surface area contributed by atoms with Gasteiger partial charge in [-0.1, -0.05) is 29.8 Å². The van der Waals surface area contributed by atoms with Gasteiger partial charge in [0.15, 0.2) is 0 Å². The van der Waals surface area contributed by atoms with E-state index < -0.39 is 10.0 Å². The summed E-state index contributed by atoms with van der Waals surface area (Å²) >= 11 is 5.98. The molecule has 2 aromatic carbocycles. The van der Waals surface area contributed by atoms with E-state index in [1.165, 1.54) is 0 Å². The Labute approximate surface area is 118 Å². The molecule has 0 saturated heterocycles. The van der Waals surface area contributed by atoms with Crippen LogP contribution < -0.4 is 4.72 Å². The first kappa shape index (κ1) is 13.9. The van der Waals surface area contributed by atoms with Gasteiger partial charge in [-0.15, -0.1) is 0 Å². The predicted molar refractivity (Wildman–Crippen MR) is 78.2 cm³/mol. The highest BCUT2D eigenvalue weighted by molar-refractivity contribution is 7.92. The van der Waals surface area contributed by atoms with E-state index in [0.29, 0.717) is 10.7 Å². The lowest BCUT2D eigenvalue weighted by atomic mass is 10.2. The molecule has 0 aliphatic heterocycles. The van der Waals surface area contributed by atoms with Crippen molar-refractivity contribution in [2.75, 3.05) is 4.72 Å². The standard InChI is InChI=1S/C14H14ClNO2S/c1-10-4-3-5-13(8-10)19(17,18)16-12-7-6-11(2)14(15)9-12/h3-9,16H,1-2H3. The molecule has 0 fully saturated rings. The van der Waals surface area contributed by atoms with Crippen molar-refractivity contribution in [3.8, 4) is 0 Å². The lowest BCUT2D eigenvalue weighted by molar-refractivity contribution is 0.601. The van der Waals surface area contributed by atoms with Crippen molar-refractivity contribution >= 4 is 27.3 Å². The van der Waals surface area contributed by atoms with Crippen molar-refractivity contribution in [1.29, 1.82) is 0 Å². The smallest absolute Gasteiger partial charge is 0.261 e. The highest BCUT2D eigenvalue weighted by Crippen LogP contribution is 2.22. The van der Waals surface area contributed by atoms with Crippen LogP contribution in [-0.2, 0) is 10.0 Å². The fourth-order valence-corrected chi connectivity index (χ4v) is 2.99. The van der Waals surface area contributed by atoms with Gasteiger partial charge in [0.05, 0.1) is 10.6 Å². The number of halogens is 1. The van der Waals surface area contributed by atoms with Crippen LogP contribution in [0.2, 0.25) is 5.02 Å². The zero-order valence-corrected chi connectivity index (χ0v) is 12.2. The van der Waals surface area contributed by atoms with E-state index in [0.717, 1.165) is 11.1 Å². The van der Waals surface area contributed by atoms with E-state index in [9.17, 15) is 8.42 Å². The minimum absolute atomic E-state index is 0.240. The number of benzene rings is 2. The molecule has 0 aliphatic carbocycles. The number of aryl methyl sites for hydroxylation is 2. The molecule has 2 aromatic rings. The Bertz CT molecular complexity index is 711. The second kappa shape index (κ2) is 5.23. The minimum Gasteiger partial charge on any atom is -0.280 e. The second-order valence-electron chi connectivity index (χ2n) is 4.39. The van der Waals surface area contributed by atoms with Gasteiger partial charge in [0.2, 0.25) is 0 Å². The third kappa shape index (κ3) is 3.28. The zero-order chi connectivity index (χ0) is 14.0. The molecular weight excluding hydrogens is 282 g/mol. The van der Waals surface area contributed by atoms with Crippen LogP contribution in [0.3, 0.4) is 0 Å². The molecular formula is C14H14ClNO2S. The normalized spacial score (nSPS) is 11.3. The Morgan fingerprint density at radius 1 is 1.05 bits per heavy atom. The summed E-state index contributed by atoms with van der Waals surface area (Å²) in [6.45, 7) is 3.71. The Balaban J connectivity index is 2.33. The number of nitrogens with one attached hydrogen (secondary N) is 1. The molecule has 0 spiro atoms. The van der Waals surface area contributed by atoms with Crippen molar-refractivity contribution < 1.29 is 8.42 Å². The van der Waals surface area contributed by atoms with Crippen LogP contribution in [0, 0.1) is 13.8 Å². The molecule has 0 amide bonds. The maximum atomic E-state index is 12.2. The van der Waals surface area contributed by atoms with Gasteiger partial charge < -0.3 is 0 Å². The molecule has 0 aliphatic rings. The summed E-state index contributed by atoms with van der Waals surface area (Å²) in [5.74, 6) is 0. The van der Waals surface area contributed by atoms with Crippen molar-refractivity contribution in [2.24, 2.45) is 0 Å². The van der Waals surface area contributed by atoms with E-state index >= 15 is 0 Å². The van der Waals surface area contributed by atoms with E-state index in [-0.39, 0.29) is 4.90 Å². The summed E-state index contributed by atoms with van der Waals surface area (Å²) < 4.78 is 26.9. The Morgan fingerprint density at radius 2 is 1.79 bits per heavy atom. The molecule has 0 radical (unpaired) electrons. The zero-order valence-electron chi connectivity index (χ0n) is 10.6. The quantitative estimate of drug-likeness (QED) is 0.937. The summed E-state index contributed by atoms with van der Waals surface area (Å²) in [7, 11) is -3.57. The number of sulfonamides is 1. The molecule has 5 heteroatoms. The average molecular weight is 296 g/mol. The molecule has 0 atom stereocenters. The molecule has 19 heavy (non-hydrogen) atoms. The first-order valence-electron chi connectivity index (χ1n) is 5.74. The maximum absolute atomic E-state index is 12.2. The molecule has 0 saturated carbocycles. The Hall–Kier alpha value is -1.52. The molecule has 1 N–H and O–H groups in total. The van der Waals surface area contributed by atoms with Crippen molar-refractivity contribution in [2.45, 2.75) is 18.7 Å². The van der Waals surface area contributed by atoms with Gasteiger partial charge >= 0.3 is 0 Å². The van der Waals surface area contributed by atoms with Gasteiger partial charge in [-0.2, -0.15) is 0 Å². The van der Waals surface area contributed by atoms with E-state index in [4.69, 9.17) is 11.6 Å². The van der Waals surface area contributed by atoms with Gasteiger partial charge in [-0.3, -0.25) is 4.72 Å². The molecule has 0 unspecified atom stereocenters. The first-order valence-corrected chi connectivity index (χ1v) is 7.60. The lowest BCUT2D eigenvalue weighted by Gasteiger charge is -2.09. The first-order chi connectivity index (χ1) is 8.88. The van der Waals surface area contributed by atoms with Crippen molar-refractivity contribution in [1.82, 2.24) is 0 Å². The number of anilines is 1. The molecule has 0 heterocycles. The largest absolute Gasteiger partial charge is 0.280 e. The lowest BCUT2D eigenvalue weighted by Crippen LogP contribution is -2.13. The predicted octanol–water partition coefficient (Wildman–Crippen LogP) is 3.76. The van der Waals surface area contributed by atoms with Gasteiger partial charge in [0.25, 0.3) is 10.0 Å². The van der Waals surface area contributed by atoms with Crippen LogP contribution in [-0.4, -0.2) is 8.42 Å². The second-order valence-corrected chi connectivity index (χ2v) is 6.48. The SMILES string of the molecule is Cc1cccc(S(=O)(=O)Nc2ccc(C)c(Cl)c2)c1. The monoisotopic (exact) mass is 295 g/mol. The fourth-order valence-electron chi connectivity index (χ4n) is 1.65. The fraction of sp³-hybridized carbons (Fsp3) is 0.143. The van der Waals surface area contributed by atoms with Gasteiger partial charge in [0.1, 0.15) is 0 Å². The van der Waals surface area contributed by atoms with Crippen molar-refractivity contribution in [3.05, 3.63) is 58.6 Å². The summed E-state index contributed by atoms with van der Waals surface area (Å²) in [4.78, 5) is 0.240. The number of rotatable bonds is 3. The molecule has 0 aromatic heterocycles. The van der Waals surface area contributed by atoms with Crippen LogP contribution >= 0.6 is 11.6 Å². The van der Waals surface area contributed by atoms with Gasteiger partial charge in [-0.25, -0.2) is 8.42 Å². The Morgan fingerprint density at radius 3 is 2.42 bits per heavy atom. The summed E-state index contributed by atoms with van der Waals surface area (Å²) in [5, 5.41) is 0.532. The maximum Gasteiger partial charge on any atom is 0.261 e. The van der Waals surface area contributed by atoms with Crippen LogP contribution in [0.4, 0.5) is 5.69 Å². The average Bonchev–Trinajstić information content (AvgIpc) is 2.33. The van der Waals surface area contributed by atoms with Crippen LogP contribution in [0.5, 0.6) is 0 Å². The van der Waals surface area contributed by atoms with Gasteiger partial charge in [-0.05, 0) is 49.2 Å². The topological polar surface area (TPSA) is 46.2 Å². The summed E-state index contributed by atoms with van der Waals surface area (Å²) in [6.07, 6.45) is 0. The third-order valence-corrected chi connectivity index (χ3v) is 4.51.